The van der Waals surface area contributed by atoms with Gasteiger partial charge in [-0.25, -0.2) is 0 Å². The second-order valence-corrected chi connectivity index (χ2v) is 6.93. The SMILES string of the molecule is COc1ccc(CCn2ccc(C)c(C(=O)NCc3cc(C)no3)c2=O)cc1OC. The Morgan fingerprint density at radius 1 is 1.13 bits per heavy atom. The number of rotatable bonds is 8. The van der Waals surface area contributed by atoms with Crippen LogP contribution in [0.25, 0.3) is 0 Å². The Bertz CT molecular complexity index is 1100. The molecule has 158 valence electrons. The van der Waals surface area contributed by atoms with E-state index in [0.717, 1.165) is 11.3 Å². The number of hydrogen-bond donors (Lipinski definition) is 1. The van der Waals surface area contributed by atoms with Crippen molar-refractivity contribution in [2.45, 2.75) is 33.4 Å². The van der Waals surface area contributed by atoms with E-state index in [1.54, 1.807) is 46.4 Å². The Morgan fingerprint density at radius 2 is 1.90 bits per heavy atom. The predicted octanol–water partition coefficient (Wildman–Crippen LogP) is 2.64. The molecule has 2 aromatic heterocycles. The summed E-state index contributed by atoms with van der Waals surface area (Å²) >= 11 is 0. The van der Waals surface area contributed by atoms with Gasteiger partial charge in [0.1, 0.15) is 5.56 Å². The largest absolute Gasteiger partial charge is 0.493 e. The monoisotopic (exact) mass is 411 g/mol. The molecule has 0 unspecified atom stereocenters. The van der Waals surface area contributed by atoms with Crippen LogP contribution in [-0.2, 0) is 19.5 Å². The van der Waals surface area contributed by atoms with Crippen molar-refractivity contribution >= 4 is 5.91 Å². The van der Waals surface area contributed by atoms with Crippen LogP contribution in [0.1, 0.15) is 32.9 Å². The molecular weight excluding hydrogens is 386 g/mol. The van der Waals surface area contributed by atoms with Crippen molar-refractivity contribution in [3.8, 4) is 11.5 Å². The zero-order valence-electron chi connectivity index (χ0n) is 17.5. The summed E-state index contributed by atoms with van der Waals surface area (Å²) in [7, 11) is 3.16. The Morgan fingerprint density at radius 3 is 2.57 bits per heavy atom. The van der Waals surface area contributed by atoms with Gasteiger partial charge in [0.2, 0.25) is 0 Å². The Hall–Kier alpha value is -3.55. The number of carbonyl (C=O) groups excluding carboxylic acids is 1. The van der Waals surface area contributed by atoms with Gasteiger partial charge in [-0.05, 0) is 49.6 Å². The molecular formula is C22H25N3O5. The number of methoxy groups -OCH3 is 2. The fourth-order valence-corrected chi connectivity index (χ4v) is 3.16. The summed E-state index contributed by atoms with van der Waals surface area (Å²) < 4.78 is 17.2. The lowest BCUT2D eigenvalue weighted by Gasteiger charge is -2.12. The molecule has 0 saturated heterocycles. The smallest absolute Gasteiger partial charge is 0.263 e. The van der Waals surface area contributed by atoms with Gasteiger partial charge >= 0.3 is 0 Å². The summed E-state index contributed by atoms with van der Waals surface area (Å²) in [5, 5.41) is 6.51. The van der Waals surface area contributed by atoms with Crippen molar-refractivity contribution in [1.29, 1.82) is 0 Å². The van der Waals surface area contributed by atoms with Crippen molar-refractivity contribution in [3.05, 3.63) is 75.0 Å². The first-order valence-electron chi connectivity index (χ1n) is 9.54. The molecule has 1 N–H and O–H groups in total. The van der Waals surface area contributed by atoms with Gasteiger partial charge in [-0.15, -0.1) is 0 Å². The second kappa shape index (κ2) is 9.30. The molecule has 2 heterocycles. The van der Waals surface area contributed by atoms with Crippen molar-refractivity contribution < 1.29 is 18.8 Å². The van der Waals surface area contributed by atoms with Crippen molar-refractivity contribution in [2.24, 2.45) is 0 Å². The number of hydrogen-bond acceptors (Lipinski definition) is 6. The Kier molecular flexibility index (Phi) is 6.56. The third-order valence-electron chi connectivity index (χ3n) is 4.79. The number of aromatic nitrogens is 2. The van der Waals surface area contributed by atoms with E-state index in [0.29, 0.717) is 35.8 Å². The lowest BCUT2D eigenvalue weighted by Crippen LogP contribution is -2.34. The van der Waals surface area contributed by atoms with E-state index in [4.69, 9.17) is 14.0 Å². The maximum atomic E-state index is 12.9. The molecule has 0 atom stereocenters. The van der Waals surface area contributed by atoms with E-state index in [1.165, 1.54) is 4.57 Å². The number of ether oxygens (including phenoxy) is 2. The lowest BCUT2D eigenvalue weighted by atomic mass is 10.1. The first-order valence-corrected chi connectivity index (χ1v) is 9.54. The standard InChI is InChI=1S/C22H25N3O5/c1-14-7-9-25(10-8-16-5-6-18(28-3)19(12-16)29-4)22(27)20(14)21(26)23-13-17-11-15(2)24-30-17/h5-7,9,11-12H,8,10,13H2,1-4H3,(H,23,26). The van der Waals surface area contributed by atoms with E-state index in [1.807, 2.05) is 18.2 Å². The molecule has 0 radical (unpaired) electrons. The Balaban J connectivity index is 1.74. The minimum atomic E-state index is -0.438. The molecule has 0 bridgehead atoms. The average Bonchev–Trinajstić information content (AvgIpc) is 3.16. The fraction of sp³-hybridized carbons (Fsp3) is 0.318. The van der Waals surface area contributed by atoms with Crippen LogP contribution in [0.4, 0.5) is 0 Å². The Labute approximate surface area is 174 Å². The summed E-state index contributed by atoms with van der Waals surface area (Å²) in [4.78, 5) is 25.5. The molecule has 1 amide bonds. The maximum absolute atomic E-state index is 12.9. The van der Waals surface area contributed by atoms with Crippen LogP contribution >= 0.6 is 0 Å². The molecule has 3 rings (SSSR count). The van der Waals surface area contributed by atoms with Gasteiger partial charge in [-0.1, -0.05) is 11.2 Å². The van der Waals surface area contributed by atoms with Crippen LogP contribution in [0.5, 0.6) is 11.5 Å². The first-order chi connectivity index (χ1) is 14.4. The molecule has 0 aliphatic carbocycles. The van der Waals surface area contributed by atoms with Gasteiger partial charge in [-0.3, -0.25) is 9.59 Å². The van der Waals surface area contributed by atoms with Crippen molar-refractivity contribution in [2.75, 3.05) is 14.2 Å². The summed E-state index contributed by atoms with van der Waals surface area (Å²) in [6.07, 6.45) is 2.30. The fourth-order valence-electron chi connectivity index (χ4n) is 3.16. The maximum Gasteiger partial charge on any atom is 0.263 e. The zero-order valence-corrected chi connectivity index (χ0v) is 17.5. The average molecular weight is 411 g/mol. The van der Waals surface area contributed by atoms with Crippen LogP contribution in [0, 0.1) is 13.8 Å². The molecule has 3 aromatic rings. The molecule has 0 spiro atoms. The van der Waals surface area contributed by atoms with E-state index in [-0.39, 0.29) is 17.7 Å². The van der Waals surface area contributed by atoms with Gasteiger partial charge in [0.05, 0.1) is 26.5 Å². The van der Waals surface area contributed by atoms with Gasteiger partial charge < -0.3 is 23.9 Å². The van der Waals surface area contributed by atoms with Crippen LogP contribution < -0.4 is 20.3 Å². The van der Waals surface area contributed by atoms with Crippen LogP contribution in [-0.4, -0.2) is 29.9 Å². The van der Waals surface area contributed by atoms with Crippen LogP contribution in [0.15, 0.2) is 45.8 Å². The van der Waals surface area contributed by atoms with Crippen LogP contribution in [0.2, 0.25) is 0 Å². The van der Waals surface area contributed by atoms with E-state index >= 15 is 0 Å². The summed E-state index contributed by atoms with van der Waals surface area (Å²) in [5.41, 5.74) is 2.14. The highest BCUT2D eigenvalue weighted by Crippen LogP contribution is 2.27. The van der Waals surface area contributed by atoms with Gasteiger partial charge in [0.25, 0.3) is 11.5 Å². The summed E-state index contributed by atoms with van der Waals surface area (Å²) in [6.45, 7) is 4.14. The molecule has 0 fully saturated rings. The van der Waals surface area contributed by atoms with E-state index < -0.39 is 5.91 Å². The molecule has 1 aromatic carbocycles. The van der Waals surface area contributed by atoms with Crippen molar-refractivity contribution in [1.82, 2.24) is 15.0 Å². The highest BCUT2D eigenvalue weighted by atomic mass is 16.5. The normalized spacial score (nSPS) is 10.7. The molecule has 30 heavy (non-hydrogen) atoms. The van der Waals surface area contributed by atoms with Crippen molar-refractivity contribution in [3.63, 3.8) is 0 Å². The molecule has 0 aliphatic heterocycles. The number of pyridine rings is 1. The summed E-state index contributed by atoms with van der Waals surface area (Å²) in [5.74, 6) is 1.37. The number of benzene rings is 1. The van der Waals surface area contributed by atoms with E-state index in [2.05, 4.69) is 10.5 Å². The number of carbonyl (C=O) groups is 1. The van der Waals surface area contributed by atoms with Crippen LogP contribution in [0.3, 0.4) is 0 Å². The highest BCUT2D eigenvalue weighted by Gasteiger charge is 2.16. The lowest BCUT2D eigenvalue weighted by molar-refractivity contribution is 0.0944. The first kappa shape index (κ1) is 21.2. The highest BCUT2D eigenvalue weighted by molar-refractivity contribution is 5.95. The third-order valence-corrected chi connectivity index (χ3v) is 4.79. The number of amides is 1. The van der Waals surface area contributed by atoms with Gasteiger partial charge in [0, 0.05) is 18.8 Å². The molecule has 8 nitrogen and oxygen atoms in total. The number of nitrogens with zero attached hydrogens (tertiary/aromatic N) is 2. The summed E-state index contributed by atoms with van der Waals surface area (Å²) in [6, 6.07) is 9.14. The molecule has 8 heteroatoms. The topological polar surface area (TPSA) is 95.6 Å². The second-order valence-electron chi connectivity index (χ2n) is 6.93. The minimum Gasteiger partial charge on any atom is -0.493 e. The van der Waals surface area contributed by atoms with E-state index in [9.17, 15) is 9.59 Å². The molecule has 0 saturated carbocycles. The predicted molar refractivity (Wildman–Crippen MR) is 111 cm³/mol. The number of nitrogens with one attached hydrogen (secondary N) is 1. The minimum absolute atomic E-state index is 0.126. The zero-order chi connectivity index (χ0) is 21.7. The third kappa shape index (κ3) is 4.71. The van der Waals surface area contributed by atoms with Gasteiger partial charge in [0.15, 0.2) is 17.3 Å². The number of aryl methyl sites for hydroxylation is 4. The quantitative estimate of drug-likeness (QED) is 0.612. The van der Waals surface area contributed by atoms with Gasteiger partial charge in [-0.2, -0.15) is 0 Å². The molecule has 0 aliphatic rings.